The van der Waals surface area contributed by atoms with Crippen molar-refractivity contribution in [1.82, 2.24) is 20.0 Å². The van der Waals surface area contributed by atoms with Crippen molar-refractivity contribution in [2.75, 3.05) is 44.2 Å². The molecule has 2 aromatic carbocycles. The Bertz CT molecular complexity index is 1100. The molecule has 0 bridgehead atoms. The van der Waals surface area contributed by atoms with Gasteiger partial charge in [0, 0.05) is 38.4 Å². The number of anilines is 1. The van der Waals surface area contributed by atoms with Gasteiger partial charge in [-0.15, -0.1) is 0 Å². The molecule has 6 nitrogen and oxygen atoms in total. The average molecular weight is 486 g/mol. The fraction of sp³-hybridized carbons (Fsp3) is 0.385. The van der Waals surface area contributed by atoms with E-state index in [1.54, 1.807) is 24.3 Å². The van der Waals surface area contributed by atoms with E-state index in [9.17, 15) is 18.0 Å². The quantitative estimate of drug-likeness (QED) is 0.477. The van der Waals surface area contributed by atoms with E-state index in [-0.39, 0.29) is 5.69 Å². The van der Waals surface area contributed by atoms with Crippen molar-refractivity contribution >= 4 is 11.6 Å². The molecule has 1 amide bonds. The summed E-state index contributed by atoms with van der Waals surface area (Å²) in [5, 5.41) is 6.49. The molecule has 1 saturated heterocycles. The van der Waals surface area contributed by atoms with Crippen LogP contribution < -0.4 is 10.2 Å². The van der Waals surface area contributed by atoms with Gasteiger partial charge in [0.05, 0.1) is 17.4 Å². The van der Waals surface area contributed by atoms with Crippen LogP contribution in [0.2, 0.25) is 0 Å². The minimum absolute atomic E-state index is 0.259. The van der Waals surface area contributed by atoms with Crippen molar-refractivity contribution in [2.45, 2.75) is 25.9 Å². The number of aryl methyl sites for hydroxylation is 1. The number of carbonyl (C=O) groups is 1. The highest BCUT2D eigenvalue weighted by molar-refractivity contribution is 5.95. The van der Waals surface area contributed by atoms with E-state index in [0.717, 1.165) is 55.6 Å². The number of alkyl halides is 3. The highest BCUT2D eigenvalue weighted by Gasteiger charge is 2.40. The highest BCUT2D eigenvalue weighted by Crippen LogP contribution is 2.33. The Morgan fingerprint density at radius 1 is 0.943 bits per heavy atom. The maximum absolute atomic E-state index is 13.8. The molecule has 0 atom stereocenters. The van der Waals surface area contributed by atoms with E-state index in [4.69, 9.17) is 0 Å². The lowest BCUT2D eigenvalue weighted by molar-refractivity contribution is -0.143. The summed E-state index contributed by atoms with van der Waals surface area (Å²) in [4.78, 5) is 17.3. The van der Waals surface area contributed by atoms with E-state index in [1.807, 2.05) is 25.1 Å². The molecular formula is C26H30F3N5O. The Balaban J connectivity index is 1.25. The Morgan fingerprint density at radius 2 is 1.63 bits per heavy atom. The van der Waals surface area contributed by atoms with Gasteiger partial charge in [-0.25, -0.2) is 4.68 Å². The Labute approximate surface area is 203 Å². The third kappa shape index (κ3) is 6.22. The number of halogens is 3. The van der Waals surface area contributed by atoms with E-state index < -0.39 is 23.3 Å². The summed E-state index contributed by atoms with van der Waals surface area (Å²) in [7, 11) is 0. The first-order chi connectivity index (χ1) is 16.8. The van der Waals surface area contributed by atoms with E-state index in [1.165, 1.54) is 5.69 Å². The molecule has 3 aromatic rings. The van der Waals surface area contributed by atoms with Crippen LogP contribution in [0.3, 0.4) is 0 Å². The second-order valence-electron chi connectivity index (χ2n) is 8.78. The van der Waals surface area contributed by atoms with Crippen LogP contribution in [0.25, 0.3) is 5.69 Å². The number of amides is 1. The third-order valence-corrected chi connectivity index (χ3v) is 6.24. The summed E-state index contributed by atoms with van der Waals surface area (Å²) in [6, 6.07) is 16.9. The minimum Gasteiger partial charge on any atom is -0.369 e. The van der Waals surface area contributed by atoms with Crippen molar-refractivity contribution in [3.8, 4) is 5.69 Å². The zero-order valence-corrected chi connectivity index (χ0v) is 19.8. The summed E-state index contributed by atoms with van der Waals surface area (Å²) in [5.41, 5.74) is 0.892. The summed E-state index contributed by atoms with van der Waals surface area (Å²) in [5.74, 6) is -0.757. The van der Waals surface area contributed by atoms with Crippen LogP contribution in [-0.4, -0.2) is 59.9 Å². The molecule has 1 aromatic heterocycles. The van der Waals surface area contributed by atoms with Crippen LogP contribution in [0.15, 0.2) is 60.8 Å². The van der Waals surface area contributed by atoms with E-state index >= 15 is 0 Å². The van der Waals surface area contributed by atoms with Crippen LogP contribution in [0.1, 0.15) is 34.5 Å². The Hall–Kier alpha value is -3.33. The average Bonchev–Trinajstić information content (AvgIpc) is 3.31. The van der Waals surface area contributed by atoms with Crippen LogP contribution >= 0.6 is 0 Å². The maximum atomic E-state index is 13.8. The van der Waals surface area contributed by atoms with Gasteiger partial charge in [0.25, 0.3) is 5.91 Å². The first kappa shape index (κ1) is 24.8. The smallest absolute Gasteiger partial charge is 0.369 e. The summed E-state index contributed by atoms with van der Waals surface area (Å²) >= 11 is 0. The number of nitrogens with zero attached hydrogens (tertiary/aromatic N) is 4. The molecule has 1 aliphatic rings. The maximum Gasteiger partial charge on any atom is 0.434 e. The number of carbonyl (C=O) groups excluding carboxylic acids is 1. The first-order valence-electron chi connectivity index (χ1n) is 11.9. The molecule has 0 spiro atoms. The molecule has 1 aliphatic heterocycles. The largest absolute Gasteiger partial charge is 0.434 e. The number of hydrogen-bond acceptors (Lipinski definition) is 4. The van der Waals surface area contributed by atoms with Crippen molar-refractivity contribution in [3.63, 3.8) is 0 Å². The van der Waals surface area contributed by atoms with E-state index in [0.29, 0.717) is 13.0 Å². The SMILES string of the molecule is Cc1ccc(-n2ncc(C(=O)NCCCCN3CCN(c4ccccc4)CC3)c2C(F)(F)F)cc1. The van der Waals surface area contributed by atoms with Gasteiger partial charge in [-0.05, 0) is 50.6 Å². The van der Waals surface area contributed by atoms with Gasteiger partial charge in [0.2, 0.25) is 0 Å². The van der Waals surface area contributed by atoms with Crippen molar-refractivity contribution < 1.29 is 18.0 Å². The van der Waals surface area contributed by atoms with Gasteiger partial charge in [-0.2, -0.15) is 18.3 Å². The summed E-state index contributed by atoms with van der Waals surface area (Å²) < 4.78 is 42.2. The third-order valence-electron chi connectivity index (χ3n) is 6.24. The Morgan fingerprint density at radius 3 is 2.29 bits per heavy atom. The number of unbranched alkanes of at least 4 members (excludes halogenated alkanes) is 1. The molecule has 0 unspecified atom stereocenters. The lowest BCUT2D eigenvalue weighted by atomic mass is 10.2. The summed E-state index contributed by atoms with van der Waals surface area (Å²) in [6.45, 7) is 6.93. The van der Waals surface area contributed by atoms with Gasteiger partial charge >= 0.3 is 6.18 Å². The molecule has 0 aliphatic carbocycles. The standard InChI is InChI=1S/C26H30F3N5O/c1-20-9-11-22(12-10-20)34-24(26(27,28)29)23(19-31-34)25(35)30-13-5-6-14-32-15-17-33(18-16-32)21-7-3-2-4-8-21/h2-4,7-12,19H,5-6,13-18H2,1H3,(H,30,35). The second kappa shape index (κ2) is 10.9. The van der Waals surface area contributed by atoms with Crippen molar-refractivity contribution in [1.29, 1.82) is 0 Å². The monoisotopic (exact) mass is 485 g/mol. The van der Waals surface area contributed by atoms with Gasteiger partial charge in [0.15, 0.2) is 5.69 Å². The highest BCUT2D eigenvalue weighted by atomic mass is 19.4. The number of hydrogen-bond donors (Lipinski definition) is 1. The minimum atomic E-state index is -4.71. The van der Waals surface area contributed by atoms with Crippen molar-refractivity contribution in [2.24, 2.45) is 0 Å². The predicted octanol–water partition coefficient (Wildman–Crippen LogP) is 4.53. The molecule has 4 rings (SSSR count). The molecule has 2 heterocycles. The van der Waals surface area contributed by atoms with Gasteiger partial charge in [-0.1, -0.05) is 35.9 Å². The van der Waals surface area contributed by atoms with Crippen LogP contribution in [0.4, 0.5) is 18.9 Å². The topological polar surface area (TPSA) is 53.4 Å². The lowest BCUT2D eigenvalue weighted by Crippen LogP contribution is -2.46. The van der Waals surface area contributed by atoms with Crippen molar-refractivity contribution in [3.05, 3.63) is 77.6 Å². The number of nitrogens with one attached hydrogen (secondary N) is 1. The number of piperazine rings is 1. The zero-order chi connectivity index (χ0) is 24.8. The fourth-order valence-electron chi connectivity index (χ4n) is 4.30. The Kier molecular flexibility index (Phi) is 7.75. The molecular weight excluding hydrogens is 455 g/mol. The molecule has 0 saturated carbocycles. The molecule has 1 fully saturated rings. The van der Waals surface area contributed by atoms with Crippen LogP contribution in [0, 0.1) is 6.92 Å². The summed E-state index contributed by atoms with van der Waals surface area (Å²) in [6.07, 6.45) is -2.17. The molecule has 186 valence electrons. The molecule has 0 radical (unpaired) electrons. The predicted molar refractivity (Wildman–Crippen MR) is 130 cm³/mol. The molecule has 9 heteroatoms. The first-order valence-corrected chi connectivity index (χ1v) is 11.9. The van der Waals surface area contributed by atoms with Gasteiger partial charge in [0.1, 0.15) is 0 Å². The number of rotatable bonds is 8. The van der Waals surface area contributed by atoms with Gasteiger partial charge in [-0.3, -0.25) is 9.69 Å². The fourth-order valence-corrected chi connectivity index (χ4v) is 4.30. The van der Waals surface area contributed by atoms with Gasteiger partial charge < -0.3 is 10.2 Å². The van der Waals surface area contributed by atoms with Crippen LogP contribution in [-0.2, 0) is 6.18 Å². The lowest BCUT2D eigenvalue weighted by Gasteiger charge is -2.36. The normalized spacial score (nSPS) is 14.8. The number of benzene rings is 2. The van der Waals surface area contributed by atoms with E-state index in [2.05, 4.69) is 32.3 Å². The second-order valence-corrected chi connectivity index (χ2v) is 8.78. The van der Waals surface area contributed by atoms with Crippen LogP contribution in [0.5, 0.6) is 0 Å². The molecule has 1 N–H and O–H groups in total. The molecule has 35 heavy (non-hydrogen) atoms. The zero-order valence-electron chi connectivity index (χ0n) is 19.8. The number of para-hydroxylation sites is 1. The number of aromatic nitrogens is 2.